The number of nitrogens with zero attached hydrogens (tertiary/aromatic N) is 1. The molecule has 1 heterocycles. The molecule has 1 unspecified atom stereocenters. The van der Waals surface area contributed by atoms with Crippen LogP contribution in [-0.2, 0) is 6.42 Å². The van der Waals surface area contributed by atoms with E-state index in [-0.39, 0.29) is 11.9 Å². The van der Waals surface area contributed by atoms with Crippen LogP contribution in [0.1, 0.15) is 37.1 Å². The number of halogens is 1. The molecule has 1 aliphatic rings. The third kappa shape index (κ3) is 2.99. The molecule has 21 heavy (non-hydrogen) atoms. The highest BCUT2D eigenvalue weighted by atomic mass is 19.1. The Kier molecular flexibility index (Phi) is 4.04. The van der Waals surface area contributed by atoms with Gasteiger partial charge >= 0.3 is 0 Å². The second-order valence-electron chi connectivity index (χ2n) is 5.21. The lowest BCUT2D eigenvalue weighted by Crippen LogP contribution is -2.19. The number of aryl methyl sites for hydroxylation is 1. The van der Waals surface area contributed by atoms with Gasteiger partial charge in [0.1, 0.15) is 11.6 Å². The van der Waals surface area contributed by atoms with E-state index in [1.807, 2.05) is 19.2 Å². The lowest BCUT2D eigenvalue weighted by molar-refractivity contribution is 0.339. The Bertz CT molecular complexity index is 630. The van der Waals surface area contributed by atoms with Crippen molar-refractivity contribution in [1.29, 1.82) is 0 Å². The number of anilines is 1. The van der Waals surface area contributed by atoms with Gasteiger partial charge in [-0.2, -0.15) is 0 Å². The monoisotopic (exact) mass is 286 g/mol. The van der Waals surface area contributed by atoms with Crippen LogP contribution in [-0.4, -0.2) is 11.6 Å². The summed E-state index contributed by atoms with van der Waals surface area (Å²) in [4.78, 5) is 4.51. The second kappa shape index (κ2) is 6.12. The van der Waals surface area contributed by atoms with Crippen molar-refractivity contribution in [3.63, 3.8) is 0 Å². The number of hydrogen-bond donors (Lipinski definition) is 1. The third-order valence-corrected chi connectivity index (χ3v) is 3.77. The predicted molar refractivity (Wildman–Crippen MR) is 81.1 cm³/mol. The van der Waals surface area contributed by atoms with Gasteiger partial charge in [0.15, 0.2) is 0 Å². The number of ether oxygens (including phenoxy) is 1. The SMILES string of the molecule is CCOc1cc(F)ccc1NC1CCCc2cccnc21. The van der Waals surface area contributed by atoms with E-state index >= 15 is 0 Å². The number of benzene rings is 1. The van der Waals surface area contributed by atoms with Crippen molar-refractivity contribution in [3.05, 3.63) is 53.6 Å². The minimum atomic E-state index is -0.286. The van der Waals surface area contributed by atoms with Gasteiger partial charge in [0.05, 0.1) is 24.0 Å². The fourth-order valence-electron chi connectivity index (χ4n) is 2.83. The van der Waals surface area contributed by atoms with Gasteiger partial charge in [0.25, 0.3) is 0 Å². The molecule has 2 aromatic rings. The van der Waals surface area contributed by atoms with Gasteiger partial charge < -0.3 is 10.1 Å². The molecule has 4 heteroatoms. The van der Waals surface area contributed by atoms with E-state index in [4.69, 9.17) is 4.74 Å². The van der Waals surface area contributed by atoms with Crippen molar-refractivity contribution in [2.24, 2.45) is 0 Å². The molecule has 0 bridgehead atoms. The number of pyridine rings is 1. The summed E-state index contributed by atoms with van der Waals surface area (Å²) < 4.78 is 18.9. The molecule has 3 rings (SSSR count). The maximum absolute atomic E-state index is 13.4. The normalized spacial score (nSPS) is 17.1. The zero-order valence-corrected chi connectivity index (χ0v) is 12.1. The van der Waals surface area contributed by atoms with E-state index in [0.29, 0.717) is 12.4 Å². The standard InChI is InChI=1S/C17H19FN2O/c1-2-21-16-11-13(18)8-9-14(16)20-15-7-3-5-12-6-4-10-19-17(12)15/h4,6,8-11,15,20H,2-3,5,7H2,1H3. The summed E-state index contributed by atoms with van der Waals surface area (Å²) in [6.07, 6.45) is 5.05. The molecular weight excluding hydrogens is 267 g/mol. The molecule has 0 spiro atoms. The van der Waals surface area contributed by atoms with Gasteiger partial charge in [0.2, 0.25) is 0 Å². The fourth-order valence-corrected chi connectivity index (χ4v) is 2.83. The van der Waals surface area contributed by atoms with Crippen molar-refractivity contribution in [2.45, 2.75) is 32.2 Å². The van der Waals surface area contributed by atoms with Crippen LogP contribution >= 0.6 is 0 Å². The highest BCUT2D eigenvalue weighted by molar-refractivity contribution is 5.57. The van der Waals surface area contributed by atoms with Crippen LogP contribution in [0.5, 0.6) is 5.75 Å². The smallest absolute Gasteiger partial charge is 0.145 e. The minimum Gasteiger partial charge on any atom is -0.492 e. The zero-order valence-electron chi connectivity index (χ0n) is 12.1. The average molecular weight is 286 g/mol. The number of hydrogen-bond acceptors (Lipinski definition) is 3. The zero-order chi connectivity index (χ0) is 14.7. The molecule has 1 atom stereocenters. The number of fused-ring (bicyclic) bond motifs is 1. The van der Waals surface area contributed by atoms with Crippen LogP contribution in [0.15, 0.2) is 36.5 Å². The largest absolute Gasteiger partial charge is 0.492 e. The van der Waals surface area contributed by atoms with Gasteiger partial charge in [-0.3, -0.25) is 4.98 Å². The Labute approximate surface area is 124 Å². The van der Waals surface area contributed by atoms with E-state index in [2.05, 4.69) is 16.4 Å². The molecule has 0 aliphatic heterocycles. The number of aromatic nitrogens is 1. The van der Waals surface area contributed by atoms with Crippen LogP contribution in [0.4, 0.5) is 10.1 Å². The van der Waals surface area contributed by atoms with Crippen molar-refractivity contribution in [3.8, 4) is 5.75 Å². The second-order valence-corrected chi connectivity index (χ2v) is 5.21. The first-order valence-corrected chi connectivity index (χ1v) is 7.40. The molecule has 110 valence electrons. The maximum Gasteiger partial charge on any atom is 0.145 e. The van der Waals surface area contributed by atoms with E-state index < -0.39 is 0 Å². The predicted octanol–water partition coefficient (Wildman–Crippen LogP) is 4.11. The molecule has 3 nitrogen and oxygen atoms in total. The molecule has 1 aromatic heterocycles. The molecule has 1 N–H and O–H groups in total. The van der Waals surface area contributed by atoms with Crippen LogP contribution < -0.4 is 10.1 Å². The quantitative estimate of drug-likeness (QED) is 0.918. The maximum atomic E-state index is 13.4. The number of nitrogens with one attached hydrogen (secondary N) is 1. The average Bonchev–Trinajstić information content (AvgIpc) is 2.50. The molecule has 1 aliphatic carbocycles. The first-order chi connectivity index (χ1) is 10.3. The molecule has 0 saturated carbocycles. The van der Waals surface area contributed by atoms with Gasteiger partial charge in [-0.25, -0.2) is 4.39 Å². The summed E-state index contributed by atoms with van der Waals surface area (Å²) in [6, 6.07) is 8.87. The van der Waals surface area contributed by atoms with Crippen molar-refractivity contribution in [2.75, 3.05) is 11.9 Å². The van der Waals surface area contributed by atoms with E-state index in [1.54, 1.807) is 6.07 Å². The van der Waals surface area contributed by atoms with Crippen LogP contribution in [0.2, 0.25) is 0 Å². The minimum absolute atomic E-state index is 0.152. The third-order valence-electron chi connectivity index (χ3n) is 3.77. The molecular formula is C17H19FN2O. The molecule has 0 radical (unpaired) electrons. The van der Waals surface area contributed by atoms with E-state index in [9.17, 15) is 4.39 Å². The van der Waals surface area contributed by atoms with Crippen molar-refractivity contribution < 1.29 is 9.13 Å². The van der Waals surface area contributed by atoms with Gasteiger partial charge in [0, 0.05) is 12.3 Å². The number of rotatable bonds is 4. The van der Waals surface area contributed by atoms with Crippen LogP contribution in [0.3, 0.4) is 0 Å². The van der Waals surface area contributed by atoms with Crippen molar-refractivity contribution in [1.82, 2.24) is 4.98 Å². The first kappa shape index (κ1) is 13.9. The lowest BCUT2D eigenvalue weighted by Gasteiger charge is -2.26. The summed E-state index contributed by atoms with van der Waals surface area (Å²) >= 11 is 0. The van der Waals surface area contributed by atoms with Gasteiger partial charge in [-0.05, 0) is 49.9 Å². The Balaban J connectivity index is 1.88. The van der Waals surface area contributed by atoms with E-state index in [0.717, 1.165) is 30.6 Å². The fraction of sp³-hybridized carbons (Fsp3) is 0.353. The van der Waals surface area contributed by atoms with Gasteiger partial charge in [-0.15, -0.1) is 0 Å². The molecule has 1 aromatic carbocycles. The highest BCUT2D eigenvalue weighted by Crippen LogP contribution is 2.34. The molecule has 0 saturated heterocycles. The molecule has 0 amide bonds. The lowest BCUT2D eigenvalue weighted by atomic mass is 9.92. The summed E-state index contributed by atoms with van der Waals surface area (Å²) in [5.41, 5.74) is 3.21. The summed E-state index contributed by atoms with van der Waals surface area (Å²) in [5.74, 6) is 0.270. The first-order valence-electron chi connectivity index (χ1n) is 7.40. The topological polar surface area (TPSA) is 34.1 Å². The molecule has 0 fully saturated rings. The summed E-state index contributed by atoms with van der Waals surface area (Å²) in [5, 5.41) is 3.46. The Hall–Kier alpha value is -2.10. The Morgan fingerprint density at radius 1 is 1.38 bits per heavy atom. The summed E-state index contributed by atoms with van der Waals surface area (Å²) in [7, 11) is 0. The van der Waals surface area contributed by atoms with Crippen LogP contribution in [0.25, 0.3) is 0 Å². The van der Waals surface area contributed by atoms with Crippen LogP contribution in [0, 0.1) is 5.82 Å². The Morgan fingerprint density at radius 2 is 2.29 bits per heavy atom. The summed E-state index contributed by atoms with van der Waals surface area (Å²) in [6.45, 7) is 2.41. The highest BCUT2D eigenvalue weighted by Gasteiger charge is 2.22. The van der Waals surface area contributed by atoms with Crippen molar-refractivity contribution >= 4 is 5.69 Å². The van der Waals surface area contributed by atoms with E-state index in [1.165, 1.54) is 17.7 Å². The Morgan fingerprint density at radius 3 is 3.14 bits per heavy atom. The van der Waals surface area contributed by atoms with Gasteiger partial charge in [-0.1, -0.05) is 6.07 Å².